The van der Waals surface area contributed by atoms with E-state index in [1.165, 1.54) is 18.4 Å². The molecule has 2 atom stereocenters. The van der Waals surface area contributed by atoms with Crippen LogP contribution in [0.25, 0.3) is 5.65 Å². The molecule has 4 rings (SSSR count). The largest absolute Gasteiger partial charge is 0.375 e. The third-order valence-electron chi connectivity index (χ3n) is 5.27. The molecule has 0 saturated carbocycles. The van der Waals surface area contributed by atoms with Crippen LogP contribution in [0.5, 0.6) is 0 Å². The van der Waals surface area contributed by atoms with E-state index in [2.05, 4.69) is 67.8 Å². The van der Waals surface area contributed by atoms with Crippen molar-refractivity contribution in [1.29, 1.82) is 0 Å². The molecule has 1 aliphatic heterocycles. The monoisotopic (exact) mass is 395 g/mol. The molecule has 5 nitrogen and oxygen atoms in total. The Kier molecular flexibility index (Phi) is 5.87. The van der Waals surface area contributed by atoms with Crippen LogP contribution >= 0.6 is 11.8 Å². The van der Waals surface area contributed by atoms with E-state index >= 15 is 0 Å². The molecule has 0 radical (unpaired) electrons. The summed E-state index contributed by atoms with van der Waals surface area (Å²) in [5.74, 6) is 0.374. The Morgan fingerprint density at radius 2 is 2.04 bits per heavy atom. The number of thioether (sulfide) groups is 1. The Balaban J connectivity index is 1.68. The second-order valence-electron chi connectivity index (χ2n) is 7.83. The zero-order valence-corrected chi connectivity index (χ0v) is 17.7. The Hall–Kier alpha value is -2.05. The van der Waals surface area contributed by atoms with E-state index in [4.69, 9.17) is 10.1 Å². The standard InChI is InChI=1S/C22H29N5S/c1-15(2)20-14-24-22-19(25-16(3)17-8-5-4-6-9-17)12-21(26-27(20)22)28-18-10-7-11-23-13-18/h4-6,8-9,12,14-16,18,23,25H,7,10-11,13H2,1-3H3. The Morgan fingerprint density at radius 3 is 2.75 bits per heavy atom. The van der Waals surface area contributed by atoms with Gasteiger partial charge in [0.2, 0.25) is 0 Å². The number of benzene rings is 1. The van der Waals surface area contributed by atoms with Gasteiger partial charge in [-0.3, -0.25) is 0 Å². The summed E-state index contributed by atoms with van der Waals surface area (Å²) in [6.07, 6.45) is 4.43. The number of anilines is 1. The summed E-state index contributed by atoms with van der Waals surface area (Å²) >= 11 is 1.88. The third kappa shape index (κ3) is 4.18. The van der Waals surface area contributed by atoms with Gasteiger partial charge in [0.25, 0.3) is 0 Å². The van der Waals surface area contributed by atoms with Crippen molar-refractivity contribution >= 4 is 23.1 Å². The maximum atomic E-state index is 4.94. The lowest BCUT2D eigenvalue weighted by atomic mass is 10.1. The highest BCUT2D eigenvalue weighted by Crippen LogP contribution is 2.32. The van der Waals surface area contributed by atoms with E-state index < -0.39 is 0 Å². The van der Waals surface area contributed by atoms with Crippen molar-refractivity contribution in [1.82, 2.24) is 19.9 Å². The van der Waals surface area contributed by atoms with Gasteiger partial charge in [-0.1, -0.05) is 55.9 Å². The first-order valence-electron chi connectivity index (χ1n) is 10.2. The van der Waals surface area contributed by atoms with Gasteiger partial charge < -0.3 is 10.6 Å². The highest BCUT2D eigenvalue weighted by molar-refractivity contribution is 7.99. The summed E-state index contributed by atoms with van der Waals surface area (Å²) in [7, 11) is 0. The smallest absolute Gasteiger partial charge is 0.177 e. The highest BCUT2D eigenvalue weighted by atomic mass is 32.2. The van der Waals surface area contributed by atoms with Gasteiger partial charge in [0.15, 0.2) is 5.65 Å². The van der Waals surface area contributed by atoms with Gasteiger partial charge in [-0.05, 0) is 43.9 Å². The molecular formula is C22H29N5S. The Bertz CT molecular complexity index is 915. The van der Waals surface area contributed by atoms with Gasteiger partial charge in [0.1, 0.15) is 5.03 Å². The van der Waals surface area contributed by atoms with Crippen molar-refractivity contribution in [3.8, 4) is 0 Å². The number of fused-ring (bicyclic) bond motifs is 1. The molecule has 1 aromatic carbocycles. The molecule has 3 aromatic rings. The van der Waals surface area contributed by atoms with Crippen LogP contribution < -0.4 is 10.6 Å². The second-order valence-corrected chi connectivity index (χ2v) is 9.15. The fourth-order valence-electron chi connectivity index (χ4n) is 3.67. The number of aromatic nitrogens is 3. The van der Waals surface area contributed by atoms with Crippen LogP contribution in [0, 0.1) is 0 Å². The molecule has 2 unspecified atom stereocenters. The normalized spacial score (nSPS) is 18.5. The summed E-state index contributed by atoms with van der Waals surface area (Å²) < 4.78 is 2.03. The van der Waals surface area contributed by atoms with E-state index in [-0.39, 0.29) is 6.04 Å². The van der Waals surface area contributed by atoms with Gasteiger partial charge in [-0.15, -0.1) is 0 Å². The van der Waals surface area contributed by atoms with E-state index in [1.807, 2.05) is 22.5 Å². The van der Waals surface area contributed by atoms with E-state index in [0.29, 0.717) is 11.2 Å². The zero-order valence-electron chi connectivity index (χ0n) is 16.9. The maximum Gasteiger partial charge on any atom is 0.177 e. The Morgan fingerprint density at radius 1 is 1.21 bits per heavy atom. The minimum atomic E-state index is 0.195. The Labute approximate surface area is 171 Å². The SMILES string of the molecule is CC(C)c1cnc2c(NC(C)c3ccccc3)cc(SC3CCCNC3)nn12. The van der Waals surface area contributed by atoms with Crippen LogP contribution in [-0.4, -0.2) is 32.9 Å². The number of piperidine rings is 1. The third-order valence-corrected chi connectivity index (χ3v) is 6.45. The molecule has 0 spiro atoms. The van der Waals surface area contributed by atoms with E-state index in [1.54, 1.807) is 0 Å². The number of nitrogens with one attached hydrogen (secondary N) is 2. The van der Waals surface area contributed by atoms with Gasteiger partial charge in [-0.2, -0.15) is 5.10 Å². The van der Waals surface area contributed by atoms with Crippen molar-refractivity contribution in [2.45, 2.75) is 55.8 Å². The number of hydrogen-bond acceptors (Lipinski definition) is 5. The first kappa shape index (κ1) is 19.3. The second kappa shape index (κ2) is 8.53. The average Bonchev–Trinajstić information content (AvgIpc) is 3.14. The van der Waals surface area contributed by atoms with Crippen LogP contribution in [-0.2, 0) is 0 Å². The zero-order chi connectivity index (χ0) is 19.5. The number of imidazole rings is 1. The van der Waals surface area contributed by atoms with E-state index in [9.17, 15) is 0 Å². The predicted molar refractivity (Wildman–Crippen MR) is 117 cm³/mol. The van der Waals surface area contributed by atoms with Crippen molar-refractivity contribution in [2.75, 3.05) is 18.4 Å². The number of rotatable bonds is 6. The average molecular weight is 396 g/mol. The van der Waals surface area contributed by atoms with Crippen molar-refractivity contribution in [3.63, 3.8) is 0 Å². The lowest BCUT2D eigenvalue weighted by molar-refractivity contribution is 0.531. The summed E-state index contributed by atoms with van der Waals surface area (Å²) in [6, 6.07) is 12.9. The molecule has 2 N–H and O–H groups in total. The lowest BCUT2D eigenvalue weighted by Gasteiger charge is -2.22. The summed E-state index contributed by atoms with van der Waals surface area (Å²) in [6.45, 7) is 8.75. The van der Waals surface area contributed by atoms with Crippen molar-refractivity contribution < 1.29 is 0 Å². The van der Waals surface area contributed by atoms with Gasteiger partial charge in [0.05, 0.1) is 17.6 Å². The molecule has 1 aliphatic rings. The maximum absolute atomic E-state index is 4.94. The first-order valence-corrected chi connectivity index (χ1v) is 11.1. The lowest BCUT2D eigenvalue weighted by Crippen LogP contribution is -2.31. The number of hydrogen-bond donors (Lipinski definition) is 2. The molecule has 148 valence electrons. The molecular weight excluding hydrogens is 366 g/mol. The van der Waals surface area contributed by atoms with Crippen LogP contribution in [0.4, 0.5) is 5.69 Å². The molecule has 0 aliphatic carbocycles. The molecule has 3 heterocycles. The fourth-order valence-corrected chi connectivity index (χ4v) is 4.81. The first-order chi connectivity index (χ1) is 13.6. The molecule has 1 fully saturated rings. The summed E-state index contributed by atoms with van der Waals surface area (Å²) in [5, 5.41) is 13.8. The quantitative estimate of drug-likeness (QED) is 0.624. The number of nitrogens with zero attached hydrogens (tertiary/aromatic N) is 3. The highest BCUT2D eigenvalue weighted by Gasteiger charge is 2.19. The van der Waals surface area contributed by atoms with Crippen LogP contribution in [0.15, 0.2) is 47.6 Å². The van der Waals surface area contributed by atoms with Crippen molar-refractivity contribution in [2.24, 2.45) is 0 Å². The minimum Gasteiger partial charge on any atom is -0.375 e. The topological polar surface area (TPSA) is 54.2 Å². The van der Waals surface area contributed by atoms with Gasteiger partial charge in [0, 0.05) is 17.8 Å². The van der Waals surface area contributed by atoms with Gasteiger partial charge >= 0.3 is 0 Å². The molecule has 0 bridgehead atoms. The summed E-state index contributed by atoms with van der Waals surface area (Å²) in [4.78, 5) is 4.69. The molecule has 2 aromatic heterocycles. The van der Waals surface area contributed by atoms with Crippen molar-refractivity contribution in [3.05, 3.63) is 53.9 Å². The van der Waals surface area contributed by atoms with Gasteiger partial charge in [-0.25, -0.2) is 9.50 Å². The van der Waals surface area contributed by atoms with Crippen LogP contribution in [0.3, 0.4) is 0 Å². The fraction of sp³-hybridized carbons (Fsp3) is 0.455. The molecule has 0 amide bonds. The molecule has 6 heteroatoms. The minimum absolute atomic E-state index is 0.195. The predicted octanol–water partition coefficient (Wildman–Crippen LogP) is 4.87. The molecule has 1 saturated heterocycles. The van der Waals surface area contributed by atoms with Crippen LogP contribution in [0.1, 0.15) is 56.8 Å². The van der Waals surface area contributed by atoms with Crippen LogP contribution in [0.2, 0.25) is 0 Å². The summed E-state index contributed by atoms with van der Waals surface area (Å²) in [5.41, 5.74) is 4.36. The van der Waals surface area contributed by atoms with E-state index in [0.717, 1.165) is 35.1 Å². The molecule has 28 heavy (non-hydrogen) atoms.